The summed E-state index contributed by atoms with van der Waals surface area (Å²) in [5, 5.41) is 9.07. The molecule has 10 heteroatoms. The average Bonchev–Trinajstić information content (AvgIpc) is 2.29. The van der Waals surface area contributed by atoms with Crippen molar-refractivity contribution in [3.63, 3.8) is 0 Å². The van der Waals surface area contributed by atoms with Crippen molar-refractivity contribution in [2.75, 3.05) is 26.7 Å². The third-order valence-electron chi connectivity index (χ3n) is 2.85. The Kier molecular flexibility index (Phi) is 4.78. The molecule has 0 saturated carbocycles. The zero-order chi connectivity index (χ0) is 14.7. The Bertz CT molecular complexity index is 449. The van der Waals surface area contributed by atoms with Crippen LogP contribution in [0.5, 0.6) is 0 Å². The van der Waals surface area contributed by atoms with Gasteiger partial charge in [0.2, 0.25) is 0 Å². The summed E-state index contributed by atoms with van der Waals surface area (Å²) in [6, 6.07) is 1.85. The van der Waals surface area contributed by atoms with Crippen LogP contribution in [0.15, 0.2) is 0 Å². The maximum absolute atomic E-state index is 12.0. The molecule has 1 saturated heterocycles. The Labute approximate surface area is 109 Å². The van der Waals surface area contributed by atoms with Gasteiger partial charge in [0.25, 0.3) is 10.2 Å². The molecule has 0 radical (unpaired) electrons. The SMILES string of the molecule is CN1CCC(C#N)(NS(=O)(=O)NCC(F)(F)F)CC1. The third kappa shape index (κ3) is 5.32. The third-order valence-corrected chi connectivity index (χ3v) is 4.03. The summed E-state index contributed by atoms with van der Waals surface area (Å²) in [4.78, 5) is 1.91. The summed E-state index contributed by atoms with van der Waals surface area (Å²) in [7, 11) is -2.55. The lowest BCUT2D eigenvalue weighted by Gasteiger charge is -2.35. The molecule has 6 nitrogen and oxygen atoms in total. The van der Waals surface area contributed by atoms with E-state index in [4.69, 9.17) is 5.26 Å². The maximum Gasteiger partial charge on any atom is 0.402 e. The molecule has 0 spiro atoms. The van der Waals surface area contributed by atoms with Crippen molar-refractivity contribution in [3.05, 3.63) is 0 Å². The lowest BCUT2D eigenvalue weighted by Crippen LogP contribution is -2.57. The predicted molar refractivity (Wildman–Crippen MR) is 61.2 cm³/mol. The Morgan fingerprint density at radius 1 is 1.37 bits per heavy atom. The fourth-order valence-corrected chi connectivity index (χ4v) is 2.90. The van der Waals surface area contributed by atoms with Gasteiger partial charge in [-0.25, -0.2) is 0 Å². The van der Waals surface area contributed by atoms with Crippen molar-refractivity contribution in [1.29, 1.82) is 5.26 Å². The van der Waals surface area contributed by atoms with E-state index in [9.17, 15) is 21.6 Å². The van der Waals surface area contributed by atoms with Gasteiger partial charge in [0.05, 0.1) is 6.07 Å². The molecular formula is C9H15F3N4O2S. The van der Waals surface area contributed by atoms with Gasteiger partial charge in [-0.05, 0) is 19.9 Å². The molecule has 1 aliphatic heterocycles. The largest absolute Gasteiger partial charge is 0.402 e. The Morgan fingerprint density at radius 3 is 2.32 bits per heavy atom. The number of hydrogen-bond donors (Lipinski definition) is 2. The summed E-state index contributed by atoms with van der Waals surface area (Å²) in [5.74, 6) is 0. The van der Waals surface area contributed by atoms with E-state index in [1.807, 2.05) is 22.7 Å². The minimum atomic E-state index is -4.64. The lowest BCUT2D eigenvalue weighted by atomic mass is 9.91. The topological polar surface area (TPSA) is 85.2 Å². The van der Waals surface area contributed by atoms with Crippen molar-refractivity contribution in [1.82, 2.24) is 14.3 Å². The van der Waals surface area contributed by atoms with Crippen LogP contribution in [0.25, 0.3) is 0 Å². The highest BCUT2D eigenvalue weighted by Gasteiger charge is 2.38. The van der Waals surface area contributed by atoms with Gasteiger partial charge in [0.15, 0.2) is 0 Å². The maximum atomic E-state index is 12.0. The van der Waals surface area contributed by atoms with E-state index >= 15 is 0 Å². The van der Waals surface area contributed by atoms with Crippen LogP contribution >= 0.6 is 0 Å². The zero-order valence-corrected chi connectivity index (χ0v) is 11.1. The van der Waals surface area contributed by atoms with E-state index in [0.29, 0.717) is 13.1 Å². The monoisotopic (exact) mass is 300 g/mol. The van der Waals surface area contributed by atoms with Gasteiger partial charge in [-0.15, -0.1) is 0 Å². The molecule has 0 amide bonds. The molecule has 0 aromatic rings. The summed E-state index contributed by atoms with van der Waals surface area (Å²) < 4.78 is 62.3. The van der Waals surface area contributed by atoms with Crippen molar-refractivity contribution >= 4 is 10.2 Å². The fourth-order valence-electron chi connectivity index (χ4n) is 1.71. The number of nitrogens with one attached hydrogen (secondary N) is 2. The van der Waals surface area contributed by atoms with E-state index in [1.165, 1.54) is 4.72 Å². The number of likely N-dealkylation sites (tertiary alicyclic amines) is 1. The molecule has 1 fully saturated rings. The average molecular weight is 300 g/mol. The first-order chi connectivity index (χ1) is 8.58. The van der Waals surface area contributed by atoms with Crippen LogP contribution in [0, 0.1) is 11.3 Å². The second kappa shape index (κ2) is 5.62. The van der Waals surface area contributed by atoms with Crippen LogP contribution < -0.4 is 9.44 Å². The molecule has 0 aromatic carbocycles. The smallest absolute Gasteiger partial charge is 0.306 e. The normalized spacial score (nSPS) is 21.0. The van der Waals surface area contributed by atoms with Crippen LogP contribution in [-0.4, -0.2) is 51.7 Å². The number of nitrogens with zero attached hydrogens (tertiary/aromatic N) is 2. The summed E-state index contributed by atoms with van der Waals surface area (Å²) >= 11 is 0. The van der Waals surface area contributed by atoms with E-state index in [1.54, 1.807) is 0 Å². The molecule has 0 unspecified atom stereocenters. The molecule has 0 aliphatic carbocycles. The number of rotatable bonds is 4. The second-order valence-electron chi connectivity index (χ2n) is 4.54. The summed E-state index contributed by atoms with van der Waals surface area (Å²) in [6.45, 7) is -0.672. The lowest BCUT2D eigenvalue weighted by molar-refractivity contribution is -0.121. The minimum absolute atomic E-state index is 0.229. The summed E-state index contributed by atoms with van der Waals surface area (Å²) in [6.07, 6.45) is -4.18. The molecule has 1 rings (SSSR count). The molecule has 1 aliphatic rings. The highest BCUT2D eigenvalue weighted by atomic mass is 32.2. The van der Waals surface area contributed by atoms with Crippen LogP contribution in [-0.2, 0) is 10.2 Å². The molecule has 0 atom stereocenters. The van der Waals surface area contributed by atoms with Gasteiger partial charge < -0.3 is 4.90 Å². The van der Waals surface area contributed by atoms with Gasteiger partial charge in [-0.2, -0.15) is 36.3 Å². The van der Waals surface area contributed by atoms with Crippen LogP contribution in [0.1, 0.15) is 12.8 Å². The molecular weight excluding hydrogens is 285 g/mol. The molecule has 0 bridgehead atoms. The molecule has 19 heavy (non-hydrogen) atoms. The van der Waals surface area contributed by atoms with Crippen LogP contribution in [0.2, 0.25) is 0 Å². The van der Waals surface area contributed by atoms with Crippen molar-refractivity contribution < 1.29 is 21.6 Å². The van der Waals surface area contributed by atoms with Crippen molar-refractivity contribution in [3.8, 4) is 6.07 Å². The Balaban J connectivity index is 2.68. The van der Waals surface area contributed by atoms with E-state index in [0.717, 1.165) is 0 Å². The van der Waals surface area contributed by atoms with E-state index < -0.39 is 28.5 Å². The Hall–Kier alpha value is -0.890. The molecule has 0 aromatic heterocycles. The fraction of sp³-hybridized carbons (Fsp3) is 0.889. The van der Waals surface area contributed by atoms with Crippen LogP contribution in [0.4, 0.5) is 13.2 Å². The Morgan fingerprint density at radius 2 is 1.89 bits per heavy atom. The number of halogens is 3. The van der Waals surface area contributed by atoms with Crippen molar-refractivity contribution in [2.24, 2.45) is 0 Å². The number of piperidine rings is 1. The second-order valence-corrected chi connectivity index (χ2v) is 6.04. The van der Waals surface area contributed by atoms with Gasteiger partial charge in [0, 0.05) is 13.1 Å². The first-order valence-electron chi connectivity index (χ1n) is 5.53. The van der Waals surface area contributed by atoms with Gasteiger partial charge in [-0.3, -0.25) is 0 Å². The van der Waals surface area contributed by atoms with Crippen LogP contribution in [0.3, 0.4) is 0 Å². The first-order valence-corrected chi connectivity index (χ1v) is 7.01. The molecule has 110 valence electrons. The number of nitriles is 1. The number of hydrogen-bond acceptors (Lipinski definition) is 4. The quantitative estimate of drug-likeness (QED) is 0.763. The summed E-state index contributed by atoms with van der Waals surface area (Å²) in [5.41, 5.74) is -1.34. The highest BCUT2D eigenvalue weighted by Crippen LogP contribution is 2.21. The minimum Gasteiger partial charge on any atom is -0.306 e. The predicted octanol–water partition coefficient (Wildman–Crippen LogP) is -0.0393. The van der Waals surface area contributed by atoms with Crippen molar-refractivity contribution in [2.45, 2.75) is 24.6 Å². The van der Waals surface area contributed by atoms with E-state index in [-0.39, 0.29) is 12.8 Å². The zero-order valence-electron chi connectivity index (χ0n) is 10.3. The molecule has 2 N–H and O–H groups in total. The standard InChI is InChI=1S/C9H15F3N4O2S/c1-16-4-2-8(6-13,3-5-16)15-19(17,18)14-7-9(10,11)12/h14-15H,2-5,7H2,1H3. The number of alkyl halides is 3. The van der Waals surface area contributed by atoms with Gasteiger partial charge in [-0.1, -0.05) is 0 Å². The first kappa shape index (κ1) is 16.2. The molecule has 1 heterocycles. The van der Waals surface area contributed by atoms with Gasteiger partial charge in [0.1, 0.15) is 12.1 Å². The highest BCUT2D eigenvalue weighted by molar-refractivity contribution is 7.87. The van der Waals surface area contributed by atoms with Gasteiger partial charge >= 0.3 is 6.18 Å². The van der Waals surface area contributed by atoms with E-state index in [2.05, 4.69) is 0 Å².